The van der Waals surface area contributed by atoms with E-state index in [1.807, 2.05) is 13.8 Å². The van der Waals surface area contributed by atoms with E-state index in [9.17, 15) is 0 Å². The van der Waals surface area contributed by atoms with Crippen LogP contribution in [0.1, 0.15) is 13.8 Å². The third-order valence-corrected chi connectivity index (χ3v) is 0. The Bertz CT molecular complexity index is 11.6. The molecule has 0 N–H and O–H groups in total. The van der Waals surface area contributed by atoms with Crippen LogP contribution in [0, 0.1) is 5.82 Å². The quantitative estimate of drug-likeness (QED) is 0.345. The zero-order valence-corrected chi connectivity index (χ0v) is 6.49. The summed E-state index contributed by atoms with van der Waals surface area (Å²) in [5.41, 5.74) is 0. The van der Waals surface area contributed by atoms with Crippen LogP contribution in [-0.4, -0.2) is 7.85 Å². The average molecular weight is 142 g/mol. The van der Waals surface area contributed by atoms with E-state index in [0.29, 0.717) is 0 Å². The second-order valence-electron chi connectivity index (χ2n) is 1.08. The first-order valence-electron chi connectivity index (χ1n) is 1.29. The number of hydrogen-bond acceptors (Lipinski definition) is 0. The van der Waals surface area contributed by atoms with E-state index in [1.54, 1.807) is 0 Å². The van der Waals surface area contributed by atoms with E-state index >= 15 is 0 Å². The third-order valence-electron chi connectivity index (χ3n) is 0. The van der Waals surface area contributed by atoms with Crippen molar-refractivity contribution >= 4 is 7.85 Å². The van der Waals surface area contributed by atoms with Gasteiger partial charge < -0.3 is 5.82 Å². The molecular weight excluding hydrogens is 136 g/mol. The average Bonchev–Trinajstić information content (AvgIpc) is 0.811. The van der Waals surface area contributed by atoms with Crippen LogP contribution in [0.15, 0.2) is 0 Å². The predicted octanol–water partition coefficient (Wildman–Crippen LogP) is 0.724. The van der Waals surface area contributed by atoms with Gasteiger partial charge in [0.05, 0.1) is 0 Å². The summed E-state index contributed by atoms with van der Waals surface area (Å²) in [5.74, 6) is 0.917. The van der Waals surface area contributed by atoms with Crippen molar-refractivity contribution in [1.29, 1.82) is 0 Å². The van der Waals surface area contributed by atoms with E-state index in [2.05, 4.69) is 0 Å². The van der Waals surface area contributed by atoms with Crippen LogP contribution >= 0.6 is 0 Å². The van der Waals surface area contributed by atoms with Crippen molar-refractivity contribution in [2.45, 2.75) is 13.8 Å². The Morgan fingerprint density at radius 2 is 1.40 bits per heavy atom. The van der Waals surface area contributed by atoms with Crippen molar-refractivity contribution in [1.82, 2.24) is 0 Å². The van der Waals surface area contributed by atoms with Gasteiger partial charge in [0.15, 0.2) is 0 Å². The Kier molecular flexibility index (Phi) is 9.80. The summed E-state index contributed by atoms with van der Waals surface area (Å²) in [6.07, 6.45) is 0. The van der Waals surface area contributed by atoms with Crippen molar-refractivity contribution in [3.63, 3.8) is 0 Å². The summed E-state index contributed by atoms with van der Waals surface area (Å²) in [7, 11) is 5.03. The Labute approximate surface area is 60.0 Å². The molecule has 0 aliphatic carbocycles. The molecular formula is C3H6BY-. The first kappa shape index (κ1) is 9.48. The molecule has 0 unspecified atom stereocenters. The summed E-state index contributed by atoms with van der Waals surface area (Å²) in [6, 6.07) is 0. The van der Waals surface area contributed by atoms with Gasteiger partial charge >= 0.3 is 0 Å². The molecule has 0 bridgehead atoms. The van der Waals surface area contributed by atoms with Gasteiger partial charge in [0, 0.05) is 32.7 Å². The summed E-state index contributed by atoms with van der Waals surface area (Å²) in [5, 5.41) is 0. The van der Waals surface area contributed by atoms with Crippen molar-refractivity contribution in [2.24, 2.45) is 0 Å². The van der Waals surface area contributed by atoms with E-state index in [1.165, 1.54) is 0 Å². The summed E-state index contributed by atoms with van der Waals surface area (Å²) in [6.45, 7) is 3.72. The molecule has 0 spiro atoms. The molecule has 0 fully saturated rings. The van der Waals surface area contributed by atoms with Gasteiger partial charge in [0.1, 0.15) is 0 Å². The van der Waals surface area contributed by atoms with Crippen LogP contribution in [0.25, 0.3) is 0 Å². The Morgan fingerprint density at radius 1 is 1.40 bits per heavy atom. The molecule has 0 aromatic heterocycles. The minimum absolute atomic E-state index is 0. The number of rotatable bonds is 0. The molecule has 2 heteroatoms. The molecule has 0 nitrogen and oxygen atoms in total. The summed E-state index contributed by atoms with van der Waals surface area (Å²) < 4.78 is 0. The van der Waals surface area contributed by atoms with Crippen LogP contribution in [0.5, 0.6) is 0 Å². The fourth-order valence-electron chi connectivity index (χ4n) is 0. The van der Waals surface area contributed by atoms with E-state index in [0.717, 1.165) is 5.82 Å². The Morgan fingerprint density at radius 3 is 1.40 bits per heavy atom. The van der Waals surface area contributed by atoms with Gasteiger partial charge in [-0.05, 0) is 0 Å². The summed E-state index contributed by atoms with van der Waals surface area (Å²) in [4.78, 5) is 0. The molecule has 3 radical (unpaired) electrons. The van der Waals surface area contributed by atoms with Gasteiger partial charge in [-0.3, -0.25) is 0 Å². The summed E-state index contributed by atoms with van der Waals surface area (Å²) >= 11 is 0. The number of hydrogen-bond donors (Lipinski definition) is 0. The van der Waals surface area contributed by atoms with Gasteiger partial charge in [-0.1, -0.05) is 0 Å². The predicted molar refractivity (Wildman–Crippen MR) is 20.3 cm³/mol. The van der Waals surface area contributed by atoms with Crippen molar-refractivity contribution < 1.29 is 32.7 Å². The van der Waals surface area contributed by atoms with Crippen LogP contribution in [0.4, 0.5) is 0 Å². The second kappa shape index (κ2) is 5.17. The Hall–Kier alpha value is 1.17. The fourth-order valence-corrected chi connectivity index (χ4v) is 0. The molecule has 5 heavy (non-hydrogen) atoms. The zero-order chi connectivity index (χ0) is 3.58. The standard InChI is InChI=1S/C3H6B.Y/c1-3(2)4;/h1-2H3;/q-1;. The van der Waals surface area contributed by atoms with E-state index in [4.69, 9.17) is 7.85 Å². The molecule has 0 amide bonds. The molecule has 0 aliphatic rings. The SMILES string of the molecule is [B][C-](C)C.[Y]. The van der Waals surface area contributed by atoms with Crippen molar-refractivity contribution in [3.05, 3.63) is 5.82 Å². The molecule has 0 aromatic carbocycles. The molecule has 0 aliphatic heterocycles. The smallest absolute Gasteiger partial charge is 0 e. The van der Waals surface area contributed by atoms with Crippen LogP contribution in [0.2, 0.25) is 0 Å². The van der Waals surface area contributed by atoms with E-state index < -0.39 is 0 Å². The maximum absolute atomic E-state index is 5.03. The van der Waals surface area contributed by atoms with Crippen molar-refractivity contribution in [2.75, 3.05) is 0 Å². The minimum Gasteiger partial charge on any atom is -0.359 e. The van der Waals surface area contributed by atoms with E-state index in [-0.39, 0.29) is 32.7 Å². The van der Waals surface area contributed by atoms with Crippen molar-refractivity contribution in [3.8, 4) is 0 Å². The van der Waals surface area contributed by atoms with Gasteiger partial charge in [-0.25, -0.2) is 0 Å². The van der Waals surface area contributed by atoms with Crippen LogP contribution < -0.4 is 0 Å². The molecule has 0 heterocycles. The van der Waals surface area contributed by atoms with Gasteiger partial charge in [-0.15, -0.1) is 0 Å². The maximum atomic E-state index is 5.03. The van der Waals surface area contributed by atoms with Crippen LogP contribution in [0.3, 0.4) is 0 Å². The Balaban J connectivity index is 0. The molecule has 0 atom stereocenters. The second-order valence-corrected chi connectivity index (χ2v) is 1.08. The normalized spacial score (nSPS) is 7.00. The topological polar surface area (TPSA) is 0 Å². The fraction of sp³-hybridized carbons (Fsp3) is 0.667. The van der Waals surface area contributed by atoms with Gasteiger partial charge in [-0.2, -0.15) is 21.7 Å². The first-order valence-corrected chi connectivity index (χ1v) is 1.29. The van der Waals surface area contributed by atoms with Crippen LogP contribution in [-0.2, 0) is 32.7 Å². The first-order chi connectivity index (χ1) is 1.73. The molecule has 0 aromatic rings. The molecule has 0 saturated heterocycles. The monoisotopic (exact) mass is 142 g/mol. The molecule has 25 valence electrons. The third kappa shape index (κ3) is 38.0. The minimum atomic E-state index is 0. The molecule has 0 rings (SSSR count). The molecule has 0 saturated carbocycles. The maximum Gasteiger partial charge on any atom is 0 e. The van der Waals surface area contributed by atoms with Gasteiger partial charge in [0.2, 0.25) is 0 Å². The largest absolute Gasteiger partial charge is 0.359 e. The van der Waals surface area contributed by atoms with Gasteiger partial charge in [0.25, 0.3) is 0 Å². The zero-order valence-electron chi connectivity index (χ0n) is 3.65.